The van der Waals surface area contributed by atoms with Crippen LogP contribution in [0.5, 0.6) is 11.5 Å². The summed E-state index contributed by atoms with van der Waals surface area (Å²) in [6, 6.07) is 5.35. The molecule has 0 unspecified atom stereocenters. The highest BCUT2D eigenvalue weighted by Crippen LogP contribution is 2.30. The number of nitrogens with zero attached hydrogens (tertiary/aromatic N) is 1. The SMILES string of the molecule is [C-]#[N+]CC(=O)Nc1cc(OCCCCCCCCOC(=O)C(=C)C)ccc1OCCCCCCCCOC(=O)C(=C)C. The van der Waals surface area contributed by atoms with Crippen molar-refractivity contribution >= 4 is 23.5 Å². The second-order valence-electron chi connectivity index (χ2n) is 10.3. The van der Waals surface area contributed by atoms with E-state index in [1.54, 1.807) is 26.0 Å². The molecule has 42 heavy (non-hydrogen) atoms. The molecule has 1 rings (SSSR count). The van der Waals surface area contributed by atoms with Crippen molar-refractivity contribution in [3.8, 4) is 11.5 Å². The third-order valence-electron chi connectivity index (χ3n) is 6.21. The van der Waals surface area contributed by atoms with Gasteiger partial charge in [-0.15, -0.1) is 0 Å². The molecule has 0 spiro atoms. The number of esters is 2. The zero-order chi connectivity index (χ0) is 31.0. The quantitative estimate of drug-likeness (QED) is 0.0592. The summed E-state index contributed by atoms with van der Waals surface area (Å²) in [7, 11) is 0. The van der Waals surface area contributed by atoms with Crippen LogP contribution in [0.3, 0.4) is 0 Å². The van der Waals surface area contributed by atoms with E-state index in [0.717, 1.165) is 77.0 Å². The highest BCUT2D eigenvalue weighted by molar-refractivity contribution is 5.94. The number of rotatable bonds is 24. The van der Waals surface area contributed by atoms with Gasteiger partial charge < -0.3 is 29.1 Å². The highest BCUT2D eigenvalue weighted by atomic mass is 16.5. The first-order valence-corrected chi connectivity index (χ1v) is 14.9. The summed E-state index contributed by atoms with van der Waals surface area (Å²) in [5, 5.41) is 2.76. The van der Waals surface area contributed by atoms with Crippen molar-refractivity contribution in [1.82, 2.24) is 0 Å². The van der Waals surface area contributed by atoms with Crippen LogP contribution in [0.2, 0.25) is 0 Å². The van der Waals surface area contributed by atoms with Crippen LogP contribution in [0.4, 0.5) is 5.69 Å². The fourth-order valence-electron chi connectivity index (χ4n) is 3.85. The minimum absolute atomic E-state index is 0.257. The zero-order valence-corrected chi connectivity index (χ0v) is 25.5. The Morgan fingerprint density at radius 3 is 1.64 bits per heavy atom. The smallest absolute Gasteiger partial charge is 0.333 e. The summed E-state index contributed by atoms with van der Waals surface area (Å²) < 4.78 is 22.0. The van der Waals surface area contributed by atoms with Crippen molar-refractivity contribution in [3.63, 3.8) is 0 Å². The zero-order valence-electron chi connectivity index (χ0n) is 25.5. The van der Waals surface area contributed by atoms with Gasteiger partial charge in [-0.05, 0) is 51.7 Å². The Bertz CT molecular complexity index is 1050. The molecule has 0 saturated carbocycles. The molecule has 0 saturated heterocycles. The molecule has 0 bridgehead atoms. The number of hydrogen-bond acceptors (Lipinski definition) is 7. The second kappa shape index (κ2) is 22.8. The number of unbranched alkanes of at least 4 members (excludes halogenated alkanes) is 10. The molecule has 0 aliphatic rings. The summed E-state index contributed by atoms with van der Waals surface area (Å²) in [4.78, 5) is 37.9. The highest BCUT2D eigenvalue weighted by Gasteiger charge is 2.12. The summed E-state index contributed by atoms with van der Waals surface area (Å²) in [5.41, 5.74) is 1.34. The number of benzene rings is 1. The van der Waals surface area contributed by atoms with Crippen LogP contribution in [0.1, 0.15) is 90.9 Å². The van der Waals surface area contributed by atoms with E-state index >= 15 is 0 Å². The predicted molar refractivity (Wildman–Crippen MR) is 164 cm³/mol. The molecule has 0 aromatic heterocycles. The Balaban J connectivity index is 2.31. The van der Waals surface area contributed by atoms with Gasteiger partial charge in [0.1, 0.15) is 11.5 Å². The van der Waals surface area contributed by atoms with E-state index in [1.807, 2.05) is 6.07 Å². The van der Waals surface area contributed by atoms with Crippen LogP contribution in [-0.2, 0) is 23.9 Å². The van der Waals surface area contributed by atoms with Crippen LogP contribution in [0.25, 0.3) is 4.85 Å². The first-order chi connectivity index (χ1) is 20.2. The maximum absolute atomic E-state index is 12.1. The van der Waals surface area contributed by atoms with Crippen LogP contribution in [0.15, 0.2) is 42.5 Å². The molecule has 1 N–H and O–H groups in total. The number of nitrogens with one attached hydrogen (secondary N) is 1. The van der Waals surface area contributed by atoms with Gasteiger partial charge in [0.15, 0.2) is 0 Å². The number of anilines is 1. The number of carbonyl (C=O) groups excluding carboxylic acids is 3. The first-order valence-electron chi connectivity index (χ1n) is 14.9. The summed E-state index contributed by atoms with van der Waals surface area (Å²) in [6.45, 7) is 19.0. The van der Waals surface area contributed by atoms with Crippen molar-refractivity contribution in [2.75, 3.05) is 38.3 Å². The Labute approximate surface area is 251 Å². The minimum atomic E-state index is -0.393. The molecule has 9 nitrogen and oxygen atoms in total. The molecule has 0 aliphatic carbocycles. The molecule has 0 aliphatic heterocycles. The van der Waals surface area contributed by atoms with Gasteiger partial charge in [-0.1, -0.05) is 64.5 Å². The van der Waals surface area contributed by atoms with E-state index in [1.165, 1.54) is 0 Å². The fraction of sp³-hybridized carbons (Fsp3) is 0.576. The number of carbonyl (C=O) groups is 3. The van der Waals surface area contributed by atoms with Crippen molar-refractivity contribution in [1.29, 1.82) is 0 Å². The molecule has 1 aromatic rings. The molecule has 0 radical (unpaired) electrons. The molecule has 0 fully saturated rings. The topological polar surface area (TPSA) is 105 Å². The van der Waals surface area contributed by atoms with Crippen molar-refractivity contribution in [3.05, 3.63) is 53.9 Å². The van der Waals surface area contributed by atoms with Crippen molar-refractivity contribution in [2.45, 2.75) is 90.9 Å². The Hall–Kier alpha value is -3.80. The molecule has 0 heterocycles. The van der Waals surface area contributed by atoms with E-state index in [2.05, 4.69) is 23.3 Å². The minimum Gasteiger partial charge on any atom is -0.494 e. The predicted octanol–water partition coefficient (Wildman–Crippen LogP) is 7.22. The van der Waals surface area contributed by atoms with Crippen molar-refractivity contribution < 1.29 is 33.3 Å². The lowest BCUT2D eigenvalue weighted by molar-refractivity contribution is -0.139. The molecular weight excluding hydrogens is 536 g/mol. The Morgan fingerprint density at radius 1 is 0.714 bits per heavy atom. The number of amides is 1. The molecular formula is C33H48N2O7. The van der Waals surface area contributed by atoms with Crippen LogP contribution in [0, 0.1) is 6.57 Å². The third kappa shape index (κ3) is 17.8. The van der Waals surface area contributed by atoms with Gasteiger partial charge in [0.2, 0.25) is 0 Å². The largest absolute Gasteiger partial charge is 0.494 e. The maximum atomic E-state index is 12.1. The van der Waals surface area contributed by atoms with Gasteiger partial charge in [0, 0.05) is 17.2 Å². The summed E-state index contributed by atoms with van der Waals surface area (Å²) in [6.07, 6.45) is 11.8. The summed E-state index contributed by atoms with van der Waals surface area (Å²) >= 11 is 0. The fourth-order valence-corrected chi connectivity index (χ4v) is 3.85. The van der Waals surface area contributed by atoms with Gasteiger partial charge in [-0.3, -0.25) is 4.79 Å². The normalized spacial score (nSPS) is 10.3. The van der Waals surface area contributed by atoms with E-state index in [0.29, 0.717) is 54.8 Å². The second-order valence-corrected chi connectivity index (χ2v) is 10.3. The molecule has 1 amide bonds. The van der Waals surface area contributed by atoms with Gasteiger partial charge in [-0.25, -0.2) is 16.2 Å². The van der Waals surface area contributed by atoms with Gasteiger partial charge >= 0.3 is 17.8 Å². The molecule has 232 valence electrons. The van der Waals surface area contributed by atoms with Gasteiger partial charge in [0.05, 0.1) is 32.1 Å². The lowest BCUT2D eigenvalue weighted by Crippen LogP contribution is -2.15. The lowest BCUT2D eigenvalue weighted by Gasteiger charge is -2.14. The van der Waals surface area contributed by atoms with Crippen LogP contribution >= 0.6 is 0 Å². The Kier molecular flexibility index (Phi) is 19.7. The van der Waals surface area contributed by atoms with Gasteiger partial charge in [-0.2, -0.15) is 0 Å². The third-order valence-corrected chi connectivity index (χ3v) is 6.21. The van der Waals surface area contributed by atoms with Crippen molar-refractivity contribution in [2.24, 2.45) is 0 Å². The van der Waals surface area contributed by atoms with E-state index in [9.17, 15) is 14.4 Å². The van der Waals surface area contributed by atoms with Gasteiger partial charge in [0.25, 0.3) is 6.54 Å². The average molecular weight is 585 g/mol. The Morgan fingerprint density at radius 2 is 1.17 bits per heavy atom. The van der Waals surface area contributed by atoms with E-state index in [4.69, 9.17) is 25.5 Å². The standard InChI is InChI=1S/C33H48N2O7/c1-26(2)32(37)41-22-16-12-8-6-10-14-20-39-28-18-19-30(29(24-28)35-31(36)25-34-5)40-21-15-11-7-9-13-17-23-42-33(38)27(3)4/h18-19,24H,1,3,6-17,20-23,25H2,2,4H3,(H,35,36). The molecule has 1 aromatic carbocycles. The molecule has 9 heteroatoms. The van der Waals surface area contributed by atoms with Crippen LogP contribution < -0.4 is 14.8 Å². The van der Waals surface area contributed by atoms with E-state index in [-0.39, 0.29) is 18.5 Å². The average Bonchev–Trinajstić information content (AvgIpc) is 2.95. The summed E-state index contributed by atoms with van der Waals surface area (Å²) in [5.74, 6) is 0.121. The lowest BCUT2D eigenvalue weighted by atomic mass is 10.1. The first kappa shape index (κ1) is 36.2. The monoisotopic (exact) mass is 584 g/mol. The van der Waals surface area contributed by atoms with E-state index < -0.39 is 5.91 Å². The molecule has 0 atom stereocenters. The van der Waals surface area contributed by atoms with Crippen LogP contribution in [-0.4, -0.2) is 50.8 Å². The number of ether oxygens (including phenoxy) is 4. The number of hydrogen-bond donors (Lipinski definition) is 1. The maximum Gasteiger partial charge on any atom is 0.333 e.